The second-order valence-electron chi connectivity index (χ2n) is 8.49. The van der Waals surface area contributed by atoms with Crippen molar-refractivity contribution in [2.75, 3.05) is 0 Å². The fourth-order valence-electron chi connectivity index (χ4n) is 2.68. The maximum absolute atomic E-state index is 12.9. The Hall–Kier alpha value is -2.69. The zero-order valence-corrected chi connectivity index (χ0v) is 16.0. The number of hydrogen-bond donors (Lipinski definition) is 2. The van der Waals surface area contributed by atoms with Crippen molar-refractivity contribution in [1.29, 1.82) is 0 Å². The highest BCUT2D eigenvalue weighted by molar-refractivity contribution is 6.23. The molecule has 0 amide bonds. The van der Waals surface area contributed by atoms with E-state index in [1.165, 1.54) is 18.2 Å². The van der Waals surface area contributed by atoms with Crippen LogP contribution in [-0.4, -0.2) is 27.7 Å². The molecular formula is C21H25NO4. The molecule has 0 saturated heterocycles. The Kier molecular flexibility index (Phi) is 4.95. The number of carboxylic acid groups (broad SMARTS) is 1. The third-order valence-corrected chi connectivity index (χ3v) is 4.16. The minimum absolute atomic E-state index is 0.00698. The van der Waals surface area contributed by atoms with Gasteiger partial charge in [-0.3, -0.25) is 4.79 Å². The van der Waals surface area contributed by atoms with E-state index < -0.39 is 5.97 Å². The Labute approximate surface area is 153 Å². The fourth-order valence-corrected chi connectivity index (χ4v) is 2.68. The number of aromatic carboxylic acids is 1. The molecule has 0 heterocycles. The van der Waals surface area contributed by atoms with Crippen LogP contribution in [0.25, 0.3) is 0 Å². The summed E-state index contributed by atoms with van der Waals surface area (Å²) in [5.74, 6) is -1.22. The summed E-state index contributed by atoms with van der Waals surface area (Å²) in [5.41, 5.74) is 1.24. The number of ketones is 1. The molecule has 0 fully saturated rings. The predicted molar refractivity (Wildman–Crippen MR) is 102 cm³/mol. The van der Waals surface area contributed by atoms with Crippen LogP contribution in [0.2, 0.25) is 0 Å². The number of aromatic hydroxyl groups is 1. The zero-order valence-electron chi connectivity index (χ0n) is 16.0. The van der Waals surface area contributed by atoms with Crippen LogP contribution >= 0.6 is 0 Å². The van der Waals surface area contributed by atoms with Crippen molar-refractivity contribution < 1.29 is 19.8 Å². The molecule has 0 bridgehead atoms. The third-order valence-electron chi connectivity index (χ3n) is 4.16. The number of aliphatic imine (C=N–C) groups is 1. The van der Waals surface area contributed by atoms with E-state index in [0.29, 0.717) is 16.9 Å². The van der Waals surface area contributed by atoms with Crippen LogP contribution < -0.4 is 0 Å². The number of Topliss-reactive ketones (excluding diaryl/α,β-unsaturated/α-hetero) is 1. The summed E-state index contributed by atoms with van der Waals surface area (Å²) in [6.07, 6.45) is 3.43. The highest BCUT2D eigenvalue weighted by Gasteiger charge is 2.34. The lowest BCUT2D eigenvalue weighted by atomic mass is 9.72. The summed E-state index contributed by atoms with van der Waals surface area (Å²) >= 11 is 0. The van der Waals surface area contributed by atoms with Crippen molar-refractivity contribution in [3.05, 3.63) is 47.1 Å². The molecule has 0 aliphatic heterocycles. The van der Waals surface area contributed by atoms with Gasteiger partial charge in [0.1, 0.15) is 11.4 Å². The van der Waals surface area contributed by atoms with Crippen LogP contribution in [-0.2, 0) is 4.79 Å². The van der Waals surface area contributed by atoms with Gasteiger partial charge in [-0.15, -0.1) is 0 Å². The maximum Gasteiger partial charge on any atom is 0.335 e. The molecule has 1 aromatic carbocycles. The molecule has 1 aliphatic rings. The highest BCUT2D eigenvalue weighted by Crippen LogP contribution is 2.38. The van der Waals surface area contributed by atoms with Crippen molar-refractivity contribution in [3.63, 3.8) is 0 Å². The molecule has 1 aliphatic carbocycles. The lowest BCUT2D eigenvalue weighted by Gasteiger charge is -2.31. The van der Waals surface area contributed by atoms with Crippen molar-refractivity contribution in [2.24, 2.45) is 15.8 Å². The van der Waals surface area contributed by atoms with Crippen LogP contribution in [0.5, 0.6) is 5.75 Å². The van der Waals surface area contributed by atoms with Gasteiger partial charge in [0.05, 0.1) is 11.3 Å². The van der Waals surface area contributed by atoms with Crippen molar-refractivity contribution in [3.8, 4) is 5.75 Å². The van der Waals surface area contributed by atoms with Gasteiger partial charge >= 0.3 is 5.97 Å². The molecule has 5 nitrogen and oxygen atoms in total. The van der Waals surface area contributed by atoms with E-state index in [0.717, 1.165) is 0 Å². The molecule has 0 radical (unpaired) electrons. The summed E-state index contributed by atoms with van der Waals surface area (Å²) < 4.78 is 0. The van der Waals surface area contributed by atoms with Crippen molar-refractivity contribution in [2.45, 2.75) is 41.5 Å². The van der Waals surface area contributed by atoms with E-state index in [4.69, 9.17) is 5.11 Å². The Morgan fingerprint density at radius 2 is 1.46 bits per heavy atom. The number of carbonyl (C=O) groups excluding carboxylic acids is 1. The van der Waals surface area contributed by atoms with Gasteiger partial charge in [-0.25, -0.2) is 9.79 Å². The number of nitrogens with zero attached hydrogens (tertiary/aromatic N) is 1. The Morgan fingerprint density at radius 3 is 1.88 bits per heavy atom. The zero-order chi connectivity index (χ0) is 19.9. The maximum atomic E-state index is 12.9. The second kappa shape index (κ2) is 6.56. The minimum Gasteiger partial charge on any atom is -0.506 e. The molecule has 138 valence electrons. The molecule has 2 N–H and O–H groups in total. The van der Waals surface area contributed by atoms with Gasteiger partial charge in [-0.05, 0) is 41.2 Å². The normalized spacial score (nSPS) is 15.5. The lowest BCUT2D eigenvalue weighted by Crippen LogP contribution is -2.29. The monoisotopic (exact) mass is 355 g/mol. The highest BCUT2D eigenvalue weighted by atomic mass is 16.4. The van der Waals surface area contributed by atoms with Crippen molar-refractivity contribution in [1.82, 2.24) is 0 Å². The summed E-state index contributed by atoms with van der Waals surface area (Å²) in [5, 5.41) is 19.2. The van der Waals surface area contributed by atoms with E-state index in [1.807, 2.05) is 41.5 Å². The number of allylic oxidation sites excluding steroid dienone is 4. The second-order valence-corrected chi connectivity index (χ2v) is 8.49. The number of benzene rings is 1. The Balaban J connectivity index is 2.66. The summed E-state index contributed by atoms with van der Waals surface area (Å²) in [6.45, 7) is 11.8. The number of hydrogen-bond acceptors (Lipinski definition) is 4. The van der Waals surface area contributed by atoms with E-state index in [2.05, 4.69) is 4.99 Å². The van der Waals surface area contributed by atoms with Gasteiger partial charge in [0.2, 0.25) is 0 Å². The molecule has 0 unspecified atom stereocenters. The van der Waals surface area contributed by atoms with Crippen LogP contribution in [0.15, 0.2) is 46.5 Å². The van der Waals surface area contributed by atoms with E-state index in [1.54, 1.807) is 12.2 Å². The molecule has 5 heteroatoms. The number of phenolic OH excluding ortho intramolecular Hbond substituents is 1. The molecule has 2 rings (SSSR count). The van der Waals surface area contributed by atoms with Crippen molar-refractivity contribution >= 4 is 23.2 Å². The first-order valence-electron chi connectivity index (χ1n) is 8.45. The third kappa shape index (κ3) is 4.10. The van der Waals surface area contributed by atoms with Gasteiger partial charge in [-0.1, -0.05) is 41.5 Å². The van der Waals surface area contributed by atoms with Crippen LogP contribution in [0.4, 0.5) is 5.69 Å². The van der Waals surface area contributed by atoms with E-state index in [-0.39, 0.29) is 33.6 Å². The fraction of sp³-hybridized carbons (Fsp3) is 0.381. The first kappa shape index (κ1) is 19.6. The van der Waals surface area contributed by atoms with Crippen LogP contribution in [0.1, 0.15) is 51.9 Å². The predicted octanol–water partition coefficient (Wildman–Crippen LogP) is 4.69. The average Bonchev–Trinajstić information content (AvgIpc) is 2.48. The topological polar surface area (TPSA) is 87.0 Å². The van der Waals surface area contributed by atoms with Gasteiger partial charge in [0, 0.05) is 11.1 Å². The molecule has 26 heavy (non-hydrogen) atoms. The van der Waals surface area contributed by atoms with E-state index >= 15 is 0 Å². The van der Waals surface area contributed by atoms with Gasteiger partial charge in [-0.2, -0.15) is 0 Å². The minimum atomic E-state index is -1.10. The first-order valence-corrected chi connectivity index (χ1v) is 8.45. The number of carboxylic acids is 1. The van der Waals surface area contributed by atoms with E-state index in [9.17, 15) is 14.7 Å². The lowest BCUT2D eigenvalue weighted by molar-refractivity contribution is -0.114. The van der Waals surface area contributed by atoms with Gasteiger partial charge < -0.3 is 10.2 Å². The number of rotatable bonds is 2. The number of carbonyl (C=O) groups is 2. The van der Waals surface area contributed by atoms with Crippen LogP contribution in [0.3, 0.4) is 0 Å². The number of phenols is 1. The average molecular weight is 355 g/mol. The molecular weight excluding hydrogens is 330 g/mol. The summed E-state index contributed by atoms with van der Waals surface area (Å²) in [6, 6.07) is 3.94. The SMILES string of the molecule is CC(C)(C)C1=CC(=Nc2cc(C(=O)O)ccc2O)C=C(C(C)(C)C)C1=O. The molecule has 0 saturated carbocycles. The first-order chi connectivity index (χ1) is 11.8. The van der Waals surface area contributed by atoms with Gasteiger partial charge in [0.15, 0.2) is 5.78 Å². The summed E-state index contributed by atoms with van der Waals surface area (Å²) in [7, 11) is 0. The quantitative estimate of drug-likeness (QED) is 0.753. The standard InChI is InChI=1S/C21H25NO4/c1-20(2,3)14-10-13(11-15(18(14)24)21(4,5)6)22-16-9-12(19(25)26)7-8-17(16)23/h7-11,23H,1-6H3,(H,25,26). The Morgan fingerprint density at radius 1 is 0.962 bits per heavy atom. The molecule has 0 atom stereocenters. The Bertz CT molecular complexity index is 823. The summed E-state index contributed by atoms with van der Waals surface area (Å²) in [4.78, 5) is 28.5. The molecule has 1 aromatic rings. The largest absolute Gasteiger partial charge is 0.506 e. The molecule has 0 spiro atoms. The smallest absolute Gasteiger partial charge is 0.335 e. The van der Waals surface area contributed by atoms with Gasteiger partial charge in [0.25, 0.3) is 0 Å². The van der Waals surface area contributed by atoms with Crippen LogP contribution in [0, 0.1) is 10.8 Å². The molecule has 0 aromatic heterocycles.